The second-order valence-electron chi connectivity index (χ2n) is 4.48. The highest BCUT2D eigenvalue weighted by atomic mass is 16.5. The number of hydrogen-bond donors (Lipinski definition) is 1. The molecule has 2 nitrogen and oxygen atoms in total. The van der Waals surface area contributed by atoms with Gasteiger partial charge in [0.25, 0.3) is 0 Å². The highest BCUT2D eigenvalue weighted by Crippen LogP contribution is 2.27. The Morgan fingerprint density at radius 3 is 2.93 bits per heavy atom. The lowest BCUT2D eigenvalue weighted by Gasteiger charge is -2.08. The van der Waals surface area contributed by atoms with Crippen molar-refractivity contribution in [1.82, 2.24) is 0 Å². The summed E-state index contributed by atoms with van der Waals surface area (Å²) in [5.41, 5.74) is 7.06. The molecular formula is C13H19NO. The maximum atomic E-state index is 5.74. The fourth-order valence-corrected chi connectivity index (χ4v) is 1.55. The number of benzene rings is 1. The van der Waals surface area contributed by atoms with Crippen LogP contribution in [0.5, 0.6) is 5.75 Å². The topological polar surface area (TPSA) is 35.2 Å². The zero-order chi connectivity index (χ0) is 10.7. The Morgan fingerprint density at radius 1 is 1.47 bits per heavy atom. The molecule has 1 aliphatic rings. The van der Waals surface area contributed by atoms with Crippen LogP contribution in [0.2, 0.25) is 0 Å². The Kier molecular flexibility index (Phi) is 3.27. The van der Waals surface area contributed by atoms with Gasteiger partial charge in [0, 0.05) is 6.04 Å². The SMILES string of the molecule is CC(N)CCc1cccc(OC2CC2)c1. The van der Waals surface area contributed by atoms with Gasteiger partial charge < -0.3 is 10.5 Å². The Labute approximate surface area is 91.4 Å². The van der Waals surface area contributed by atoms with Crippen LogP contribution in [-0.4, -0.2) is 12.1 Å². The van der Waals surface area contributed by atoms with Crippen LogP contribution in [0.15, 0.2) is 24.3 Å². The molecule has 1 aliphatic carbocycles. The van der Waals surface area contributed by atoms with E-state index in [0.29, 0.717) is 6.10 Å². The first-order chi connectivity index (χ1) is 7.24. The van der Waals surface area contributed by atoms with Gasteiger partial charge in [0.1, 0.15) is 5.75 Å². The lowest BCUT2D eigenvalue weighted by atomic mass is 10.1. The standard InChI is InChI=1S/C13H19NO/c1-10(14)5-6-11-3-2-4-13(9-11)15-12-7-8-12/h2-4,9-10,12H,5-8,14H2,1H3. The van der Waals surface area contributed by atoms with Crippen molar-refractivity contribution in [3.8, 4) is 5.75 Å². The zero-order valence-corrected chi connectivity index (χ0v) is 9.28. The van der Waals surface area contributed by atoms with Gasteiger partial charge in [0.05, 0.1) is 6.10 Å². The fourth-order valence-electron chi connectivity index (χ4n) is 1.55. The second kappa shape index (κ2) is 4.67. The van der Waals surface area contributed by atoms with Crippen molar-refractivity contribution in [2.24, 2.45) is 5.73 Å². The van der Waals surface area contributed by atoms with Crippen molar-refractivity contribution in [3.63, 3.8) is 0 Å². The molecule has 0 spiro atoms. The second-order valence-corrected chi connectivity index (χ2v) is 4.48. The monoisotopic (exact) mass is 205 g/mol. The van der Waals surface area contributed by atoms with Gasteiger partial charge in [-0.1, -0.05) is 12.1 Å². The minimum Gasteiger partial charge on any atom is -0.490 e. The highest BCUT2D eigenvalue weighted by Gasteiger charge is 2.23. The summed E-state index contributed by atoms with van der Waals surface area (Å²) in [7, 11) is 0. The van der Waals surface area contributed by atoms with E-state index in [9.17, 15) is 0 Å². The third-order valence-electron chi connectivity index (χ3n) is 2.61. The smallest absolute Gasteiger partial charge is 0.119 e. The quantitative estimate of drug-likeness (QED) is 0.801. The summed E-state index contributed by atoms with van der Waals surface area (Å²) in [6.07, 6.45) is 4.98. The minimum atomic E-state index is 0.276. The predicted octanol–water partition coefficient (Wildman–Crippen LogP) is 2.51. The Bertz CT molecular complexity index is 318. The molecule has 1 unspecified atom stereocenters. The van der Waals surface area contributed by atoms with E-state index in [1.807, 2.05) is 13.0 Å². The van der Waals surface area contributed by atoms with Crippen molar-refractivity contribution in [2.75, 3.05) is 0 Å². The molecule has 2 heteroatoms. The van der Waals surface area contributed by atoms with Crippen molar-refractivity contribution in [3.05, 3.63) is 29.8 Å². The maximum Gasteiger partial charge on any atom is 0.119 e. The largest absolute Gasteiger partial charge is 0.490 e. The van der Waals surface area contributed by atoms with E-state index in [2.05, 4.69) is 18.2 Å². The van der Waals surface area contributed by atoms with Gasteiger partial charge in [-0.25, -0.2) is 0 Å². The van der Waals surface area contributed by atoms with Gasteiger partial charge in [0.15, 0.2) is 0 Å². The first-order valence-corrected chi connectivity index (χ1v) is 5.75. The highest BCUT2D eigenvalue weighted by molar-refractivity contribution is 5.29. The molecule has 1 aromatic carbocycles. The molecule has 2 N–H and O–H groups in total. The Morgan fingerprint density at radius 2 is 2.27 bits per heavy atom. The molecule has 0 radical (unpaired) electrons. The lowest BCUT2D eigenvalue weighted by Crippen LogP contribution is -2.15. The Hall–Kier alpha value is -1.02. The van der Waals surface area contributed by atoms with Crippen molar-refractivity contribution >= 4 is 0 Å². The van der Waals surface area contributed by atoms with Gasteiger partial charge in [-0.05, 0) is 50.3 Å². The molecule has 1 fully saturated rings. The van der Waals surface area contributed by atoms with E-state index in [0.717, 1.165) is 18.6 Å². The summed E-state index contributed by atoms with van der Waals surface area (Å²) in [5.74, 6) is 1.01. The number of ether oxygens (including phenoxy) is 1. The molecular weight excluding hydrogens is 186 g/mol. The Balaban J connectivity index is 1.92. The van der Waals surface area contributed by atoms with Gasteiger partial charge in [-0.3, -0.25) is 0 Å². The molecule has 1 saturated carbocycles. The van der Waals surface area contributed by atoms with Crippen LogP contribution >= 0.6 is 0 Å². The summed E-state index contributed by atoms with van der Waals surface area (Å²) in [4.78, 5) is 0. The predicted molar refractivity (Wildman–Crippen MR) is 62.1 cm³/mol. The number of nitrogens with two attached hydrogens (primary N) is 1. The van der Waals surface area contributed by atoms with Crippen molar-refractivity contribution in [2.45, 2.75) is 44.8 Å². The van der Waals surface area contributed by atoms with Crippen LogP contribution in [0.4, 0.5) is 0 Å². The molecule has 1 atom stereocenters. The zero-order valence-electron chi connectivity index (χ0n) is 9.28. The molecule has 0 aliphatic heterocycles. The molecule has 0 heterocycles. The third-order valence-corrected chi connectivity index (χ3v) is 2.61. The van der Waals surface area contributed by atoms with Crippen LogP contribution in [0, 0.1) is 0 Å². The van der Waals surface area contributed by atoms with Crippen LogP contribution in [0.3, 0.4) is 0 Å². The average molecular weight is 205 g/mol. The van der Waals surface area contributed by atoms with Crippen LogP contribution in [0.25, 0.3) is 0 Å². The number of rotatable bonds is 5. The molecule has 0 bridgehead atoms. The summed E-state index contributed by atoms with van der Waals surface area (Å²) in [6, 6.07) is 8.66. The number of hydrogen-bond acceptors (Lipinski definition) is 2. The molecule has 0 aromatic heterocycles. The van der Waals surface area contributed by atoms with Crippen LogP contribution in [0.1, 0.15) is 31.7 Å². The summed E-state index contributed by atoms with van der Waals surface area (Å²) in [5, 5.41) is 0. The van der Waals surface area contributed by atoms with Gasteiger partial charge in [-0.2, -0.15) is 0 Å². The van der Waals surface area contributed by atoms with Crippen LogP contribution in [-0.2, 0) is 6.42 Å². The number of aryl methyl sites for hydroxylation is 1. The molecule has 0 saturated heterocycles. The normalized spacial score (nSPS) is 17.5. The van der Waals surface area contributed by atoms with Gasteiger partial charge in [-0.15, -0.1) is 0 Å². The fraction of sp³-hybridized carbons (Fsp3) is 0.538. The van der Waals surface area contributed by atoms with E-state index >= 15 is 0 Å². The van der Waals surface area contributed by atoms with E-state index < -0.39 is 0 Å². The van der Waals surface area contributed by atoms with Crippen molar-refractivity contribution < 1.29 is 4.74 Å². The van der Waals surface area contributed by atoms with E-state index in [-0.39, 0.29) is 6.04 Å². The summed E-state index contributed by atoms with van der Waals surface area (Å²) >= 11 is 0. The first-order valence-electron chi connectivity index (χ1n) is 5.75. The summed E-state index contributed by atoms with van der Waals surface area (Å²) < 4.78 is 5.74. The molecule has 15 heavy (non-hydrogen) atoms. The minimum absolute atomic E-state index is 0.276. The average Bonchev–Trinajstić information content (AvgIpc) is 2.99. The van der Waals surface area contributed by atoms with Gasteiger partial charge in [0.2, 0.25) is 0 Å². The lowest BCUT2D eigenvalue weighted by molar-refractivity contribution is 0.303. The van der Waals surface area contributed by atoms with Gasteiger partial charge >= 0.3 is 0 Å². The summed E-state index contributed by atoms with van der Waals surface area (Å²) in [6.45, 7) is 2.05. The maximum absolute atomic E-state index is 5.74. The van der Waals surface area contributed by atoms with E-state index in [4.69, 9.17) is 10.5 Å². The van der Waals surface area contributed by atoms with E-state index in [1.54, 1.807) is 0 Å². The molecule has 0 amide bonds. The molecule has 82 valence electrons. The third kappa shape index (κ3) is 3.56. The molecule has 2 rings (SSSR count). The van der Waals surface area contributed by atoms with Crippen molar-refractivity contribution in [1.29, 1.82) is 0 Å². The van der Waals surface area contributed by atoms with E-state index in [1.165, 1.54) is 18.4 Å². The molecule has 1 aromatic rings. The first kappa shape index (κ1) is 10.5. The van der Waals surface area contributed by atoms with Crippen LogP contribution < -0.4 is 10.5 Å².